The fraction of sp³-hybridized carbons (Fsp3) is 0.867. The minimum atomic E-state index is -0.162. The van der Waals surface area contributed by atoms with Crippen molar-refractivity contribution in [2.45, 2.75) is 106 Å². The molecule has 4 aliphatic carbocycles. The minimum absolute atomic E-state index is 0.0535. The van der Waals surface area contributed by atoms with E-state index in [9.17, 15) is 9.59 Å². The first-order valence-electron chi connectivity index (χ1n) is 13.9. The first-order chi connectivity index (χ1) is 15.5. The van der Waals surface area contributed by atoms with Crippen LogP contribution in [-0.2, 0) is 14.3 Å². The normalized spacial score (nSPS) is 44.8. The van der Waals surface area contributed by atoms with Gasteiger partial charge in [-0.05, 0) is 97.2 Å². The standard InChI is InChI=1S/C30H48O3/c1-18(2)19(3)8-9-20(4)25-12-13-26-24-11-10-22-16-23(33-21(5)31)14-15-29(22,6)28(24)27(32)17-30(25,26)7/h8-9,18-20,22-26,28H,10-17H2,1-7H3. The van der Waals surface area contributed by atoms with Gasteiger partial charge in [-0.3, -0.25) is 9.59 Å². The zero-order valence-corrected chi connectivity index (χ0v) is 22.2. The van der Waals surface area contributed by atoms with Crippen LogP contribution in [0.4, 0.5) is 0 Å². The Morgan fingerprint density at radius 1 is 1.00 bits per heavy atom. The number of hydrogen-bond acceptors (Lipinski definition) is 3. The molecule has 4 rings (SSSR count). The third-order valence-corrected chi connectivity index (χ3v) is 11.1. The van der Waals surface area contributed by atoms with Crippen LogP contribution in [0.2, 0.25) is 0 Å². The van der Waals surface area contributed by atoms with E-state index in [2.05, 4.69) is 53.7 Å². The van der Waals surface area contributed by atoms with Crippen LogP contribution in [0.3, 0.4) is 0 Å². The maximum Gasteiger partial charge on any atom is 0.302 e. The lowest BCUT2D eigenvalue weighted by Crippen LogP contribution is -2.58. The van der Waals surface area contributed by atoms with Crippen molar-refractivity contribution in [2.75, 3.05) is 0 Å². The van der Waals surface area contributed by atoms with Gasteiger partial charge >= 0.3 is 5.97 Å². The van der Waals surface area contributed by atoms with Crippen molar-refractivity contribution in [3.05, 3.63) is 12.2 Å². The molecule has 0 heterocycles. The van der Waals surface area contributed by atoms with E-state index in [1.54, 1.807) is 0 Å². The molecule has 0 aliphatic heterocycles. The van der Waals surface area contributed by atoms with Gasteiger partial charge in [0.1, 0.15) is 11.9 Å². The maximum atomic E-state index is 13.9. The average molecular weight is 457 g/mol. The molecule has 0 aromatic rings. The van der Waals surface area contributed by atoms with Crippen molar-refractivity contribution >= 4 is 11.8 Å². The molecule has 10 atom stereocenters. The zero-order chi connectivity index (χ0) is 24.1. The number of hydrogen-bond donors (Lipinski definition) is 0. The number of rotatable bonds is 5. The topological polar surface area (TPSA) is 43.4 Å². The number of allylic oxidation sites excluding steroid dienone is 2. The van der Waals surface area contributed by atoms with E-state index in [1.165, 1.54) is 32.6 Å². The fourth-order valence-electron chi connectivity index (χ4n) is 8.98. The molecular weight excluding hydrogens is 408 g/mol. The first kappa shape index (κ1) is 25.0. The Bertz CT molecular complexity index is 783. The van der Waals surface area contributed by atoms with Crippen molar-refractivity contribution < 1.29 is 14.3 Å². The van der Waals surface area contributed by atoms with E-state index in [1.807, 2.05) is 0 Å². The second-order valence-electron chi connectivity index (χ2n) is 13.2. The molecule has 4 saturated carbocycles. The number of fused-ring (bicyclic) bond motifs is 5. The second kappa shape index (κ2) is 9.15. The second-order valence-corrected chi connectivity index (χ2v) is 13.2. The molecule has 33 heavy (non-hydrogen) atoms. The highest BCUT2D eigenvalue weighted by Crippen LogP contribution is 2.67. The highest BCUT2D eigenvalue weighted by molar-refractivity contribution is 5.84. The predicted molar refractivity (Wildman–Crippen MR) is 133 cm³/mol. The molecule has 0 saturated heterocycles. The van der Waals surface area contributed by atoms with Crippen LogP contribution in [-0.4, -0.2) is 17.9 Å². The quantitative estimate of drug-likeness (QED) is 0.323. The Balaban J connectivity index is 1.52. The van der Waals surface area contributed by atoms with Gasteiger partial charge in [0.25, 0.3) is 0 Å². The van der Waals surface area contributed by atoms with Crippen LogP contribution in [0.25, 0.3) is 0 Å². The largest absolute Gasteiger partial charge is 0.463 e. The molecule has 0 aromatic heterocycles. The molecule has 10 unspecified atom stereocenters. The van der Waals surface area contributed by atoms with Crippen molar-refractivity contribution in [3.8, 4) is 0 Å². The molecule has 3 nitrogen and oxygen atoms in total. The summed E-state index contributed by atoms with van der Waals surface area (Å²) in [7, 11) is 0. The molecule has 0 aromatic carbocycles. The lowest BCUT2D eigenvalue weighted by molar-refractivity contribution is -0.169. The molecule has 0 N–H and O–H groups in total. The van der Waals surface area contributed by atoms with Gasteiger partial charge in [-0.25, -0.2) is 0 Å². The van der Waals surface area contributed by atoms with E-state index >= 15 is 0 Å². The summed E-state index contributed by atoms with van der Waals surface area (Å²) in [6.07, 6.45) is 13.6. The van der Waals surface area contributed by atoms with Gasteiger partial charge in [0.2, 0.25) is 0 Å². The number of ketones is 1. The highest BCUT2D eigenvalue weighted by Gasteiger charge is 2.63. The SMILES string of the molecule is CC(=O)OC1CCC2(C)C(CCC3C4CCC(C(C)C=CC(C)C(C)C)C4(C)CC(=O)C32)C1. The number of ether oxygens (including phenoxy) is 1. The lowest BCUT2D eigenvalue weighted by atomic mass is 9.44. The third-order valence-electron chi connectivity index (χ3n) is 11.1. The molecule has 4 fully saturated rings. The Hall–Kier alpha value is -1.12. The lowest BCUT2D eigenvalue weighted by Gasteiger charge is -2.60. The molecule has 4 aliphatic rings. The van der Waals surface area contributed by atoms with Crippen molar-refractivity contribution in [3.63, 3.8) is 0 Å². The number of esters is 1. The van der Waals surface area contributed by atoms with Crippen LogP contribution < -0.4 is 0 Å². The molecule has 0 spiro atoms. The molecule has 0 radical (unpaired) electrons. The van der Waals surface area contributed by atoms with Crippen LogP contribution >= 0.6 is 0 Å². The molecule has 3 heteroatoms. The number of carbonyl (C=O) groups excluding carboxylic acids is 2. The molecular formula is C30H48O3. The summed E-state index contributed by atoms with van der Waals surface area (Å²) in [4.78, 5) is 25.4. The van der Waals surface area contributed by atoms with Crippen molar-refractivity contribution in [1.82, 2.24) is 0 Å². The maximum absolute atomic E-state index is 13.9. The predicted octanol–water partition coefficient (Wildman–Crippen LogP) is 7.24. The van der Waals surface area contributed by atoms with Gasteiger partial charge in [0, 0.05) is 19.3 Å². The highest BCUT2D eigenvalue weighted by atomic mass is 16.5. The Kier molecular flexibility index (Phi) is 6.93. The van der Waals surface area contributed by atoms with Gasteiger partial charge in [0.15, 0.2) is 0 Å². The van der Waals surface area contributed by atoms with Gasteiger partial charge in [-0.1, -0.05) is 53.7 Å². The number of carbonyl (C=O) groups is 2. The summed E-state index contributed by atoms with van der Waals surface area (Å²) in [6, 6.07) is 0. The number of Topliss-reactive ketones (excluding diaryl/α,β-unsaturated/α-hetero) is 1. The van der Waals surface area contributed by atoms with Crippen LogP contribution in [0, 0.1) is 58.2 Å². The Morgan fingerprint density at radius 3 is 2.39 bits per heavy atom. The van der Waals surface area contributed by atoms with Crippen molar-refractivity contribution in [1.29, 1.82) is 0 Å². The molecule has 0 bridgehead atoms. The van der Waals surface area contributed by atoms with E-state index in [-0.39, 0.29) is 28.8 Å². The summed E-state index contributed by atoms with van der Waals surface area (Å²) in [5, 5.41) is 0. The van der Waals surface area contributed by atoms with E-state index in [0.717, 1.165) is 25.7 Å². The molecule has 186 valence electrons. The summed E-state index contributed by atoms with van der Waals surface area (Å²) in [5.41, 5.74) is 0.246. The Labute approximate surface area is 202 Å². The molecule has 0 amide bonds. The minimum Gasteiger partial charge on any atom is -0.463 e. The van der Waals surface area contributed by atoms with Crippen molar-refractivity contribution in [2.24, 2.45) is 58.2 Å². The monoisotopic (exact) mass is 456 g/mol. The zero-order valence-electron chi connectivity index (χ0n) is 22.2. The van der Waals surface area contributed by atoms with E-state index in [4.69, 9.17) is 4.74 Å². The van der Waals surface area contributed by atoms with E-state index < -0.39 is 0 Å². The first-order valence-corrected chi connectivity index (χ1v) is 13.9. The summed E-state index contributed by atoms with van der Waals surface area (Å²) < 4.78 is 5.60. The fourth-order valence-corrected chi connectivity index (χ4v) is 8.98. The Morgan fingerprint density at radius 2 is 1.73 bits per heavy atom. The van der Waals surface area contributed by atoms with Crippen LogP contribution in [0.1, 0.15) is 99.8 Å². The van der Waals surface area contributed by atoms with Gasteiger partial charge in [-0.2, -0.15) is 0 Å². The smallest absolute Gasteiger partial charge is 0.302 e. The van der Waals surface area contributed by atoms with E-state index in [0.29, 0.717) is 47.2 Å². The van der Waals surface area contributed by atoms with Gasteiger partial charge < -0.3 is 4.74 Å². The third kappa shape index (κ3) is 4.36. The van der Waals surface area contributed by atoms with Crippen LogP contribution in [0.5, 0.6) is 0 Å². The summed E-state index contributed by atoms with van der Waals surface area (Å²) in [6.45, 7) is 15.7. The van der Waals surface area contributed by atoms with Gasteiger partial charge in [0.05, 0.1) is 0 Å². The summed E-state index contributed by atoms with van der Waals surface area (Å²) in [5.74, 6) is 4.80. The summed E-state index contributed by atoms with van der Waals surface area (Å²) >= 11 is 0. The van der Waals surface area contributed by atoms with Gasteiger partial charge in [-0.15, -0.1) is 0 Å². The van der Waals surface area contributed by atoms with Crippen LogP contribution in [0.15, 0.2) is 12.2 Å². The average Bonchev–Trinajstić information content (AvgIpc) is 3.07.